The Balaban J connectivity index is 1.46. The number of amides is 1. The fraction of sp³-hybridized carbons (Fsp3) is 0.579. The average Bonchev–Trinajstić information content (AvgIpc) is 3.13. The van der Waals surface area contributed by atoms with Gasteiger partial charge in [0, 0.05) is 22.9 Å². The smallest absolute Gasteiger partial charge is 0.249 e. The molecule has 5 rings (SSSR count). The zero-order chi connectivity index (χ0) is 17.4. The molecule has 1 amide bonds. The van der Waals surface area contributed by atoms with Crippen molar-refractivity contribution in [2.45, 2.75) is 58.4 Å². The van der Waals surface area contributed by atoms with Crippen molar-refractivity contribution in [2.24, 2.45) is 11.3 Å². The van der Waals surface area contributed by atoms with E-state index < -0.39 is 0 Å². The van der Waals surface area contributed by atoms with Gasteiger partial charge in [-0.1, -0.05) is 5.16 Å². The standard InChI is InChI=1S/C19H24N4O2/c1-12-11-15(6-10-20-12)16-22-17(25-23-16)13(2)21-18(24)19-7-3-14(4-8-19)5-9-19/h6,10-11,13-14H,3-5,7-9H2,1-2H3,(H,21,24)/t13-,14?,19?/m0/s1. The van der Waals surface area contributed by atoms with Crippen molar-refractivity contribution < 1.29 is 9.32 Å². The number of aryl methyl sites for hydroxylation is 1. The molecule has 3 fully saturated rings. The molecule has 132 valence electrons. The third-order valence-electron chi connectivity index (χ3n) is 5.89. The first-order valence-electron chi connectivity index (χ1n) is 9.13. The van der Waals surface area contributed by atoms with E-state index in [1.165, 1.54) is 19.3 Å². The molecule has 1 N–H and O–H groups in total. The molecule has 25 heavy (non-hydrogen) atoms. The molecule has 3 aliphatic rings. The molecule has 0 aromatic carbocycles. The molecule has 2 bridgehead atoms. The van der Waals surface area contributed by atoms with Crippen LogP contribution >= 0.6 is 0 Å². The molecule has 0 spiro atoms. The molecule has 1 atom stereocenters. The van der Waals surface area contributed by atoms with Crippen molar-refractivity contribution in [3.05, 3.63) is 29.9 Å². The fourth-order valence-corrected chi connectivity index (χ4v) is 4.21. The van der Waals surface area contributed by atoms with Crippen LogP contribution in [0, 0.1) is 18.3 Å². The van der Waals surface area contributed by atoms with Gasteiger partial charge in [0.15, 0.2) is 0 Å². The molecular formula is C19H24N4O2. The molecule has 0 unspecified atom stereocenters. The number of nitrogens with one attached hydrogen (secondary N) is 1. The monoisotopic (exact) mass is 340 g/mol. The van der Waals surface area contributed by atoms with Crippen LogP contribution in [0.1, 0.15) is 63.1 Å². The van der Waals surface area contributed by atoms with E-state index in [4.69, 9.17) is 4.52 Å². The minimum absolute atomic E-state index is 0.151. The lowest BCUT2D eigenvalue weighted by Crippen LogP contribution is -2.47. The maximum atomic E-state index is 12.9. The van der Waals surface area contributed by atoms with Crippen LogP contribution in [0.25, 0.3) is 11.4 Å². The summed E-state index contributed by atoms with van der Waals surface area (Å²) < 4.78 is 5.39. The van der Waals surface area contributed by atoms with Gasteiger partial charge in [-0.3, -0.25) is 9.78 Å². The Morgan fingerprint density at radius 1 is 1.32 bits per heavy atom. The quantitative estimate of drug-likeness (QED) is 0.920. The van der Waals surface area contributed by atoms with Crippen LogP contribution in [0.2, 0.25) is 0 Å². The third kappa shape index (κ3) is 3.05. The first kappa shape index (κ1) is 16.2. The van der Waals surface area contributed by atoms with Gasteiger partial charge in [-0.25, -0.2) is 0 Å². The van der Waals surface area contributed by atoms with E-state index in [-0.39, 0.29) is 17.4 Å². The number of rotatable bonds is 4. The first-order chi connectivity index (χ1) is 12.1. The second-order valence-electron chi connectivity index (χ2n) is 7.60. The van der Waals surface area contributed by atoms with Gasteiger partial charge < -0.3 is 9.84 Å². The lowest BCUT2D eigenvalue weighted by molar-refractivity contribution is -0.137. The predicted octanol–water partition coefficient (Wildman–Crippen LogP) is 3.59. The minimum Gasteiger partial charge on any atom is -0.344 e. The largest absolute Gasteiger partial charge is 0.344 e. The summed E-state index contributed by atoms with van der Waals surface area (Å²) in [7, 11) is 0. The summed E-state index contributed by atoms with van der Waals surface area (Å²) in [6.07, 6.45) is 8.34. The van der Waals surface area contributed by atoms with Crippen LogP contribution in [-0.2, 0) is 4.79 Å². The van der Waals surface area contributed by atoms with E-state index in [1.807, 2.05) is 26.0 Å². The number of carbonyl (C=O) groups excluding carboxylic acids is 1. The van der Waals surface area contributed by atoms with Crippen LogP contribution in [0.4, 0.5) is 0 Å². The van der Waals surface area contributed by atoms with Crippen molar-refractivity contribution in [2.75, 3.05) is 0 Å². The van der Waals surface area contributed by atoms with E-state index in [9.17, 15) is 4.79 Å². The Morgan fingerprint density at radius 2 is 2.04 bits per heavy atom. The highest BCUT2D eigenvalue weighted by Crippen LogP contribution is 2.50. The molecule has 2 aromatic heterocycles. The van der Waals surface area contributed by atoms with Gasteiger partial charge >= 0.3 is 0 Å². The number of hydrogen-bond donors (Lipinski definition) is 1. The predicted molar refractivity (Wildman–Crippen MR) is 92.4 cm³/mol. The van der Waals surface area contributed by atoms with Gasteiger partial charge in [0.2, 0.25) is 17.6 Å². The molecule has 0 saturated heterocycles. The summed E-state index contributed by atoms with van der Waals surface area (Å²) in [5.41, 5.74) is 1.59. The topological polar surface area (TPSA) is 80.9 Å². The normalized spacial score (nSPS) is 26.4. The van der Waals surface area contributed by atoms with Gasteiger partial charge in [0.05, 0.1) is 0 Å². The Labute approximate surface area is 147 Å². The average molecular weight is 340 g/mol. The van der Waals surface area contributed by atoms with Crippen LogP contribution in [0.15, 0.2) is 22.9 Å². The van der Waals surface area contributed by atoms with Gasteiger partial charge in [-0.15, -0.1) is 0 Å². The highest BCUT2D eigenvalue weighted by Gasteiger charge is 2.46. The Hall–Kier alpha value is -2.24. The highest BCUT2D eigenvalue weighted by atomic mass is 16.5. The Kier molecular flexibility index (Phi) is 4.06. The van der Waals surface area contributed by atoms with Gasteiger partial charge in [0.1, 0.15) is 6.04 Å². The molecule has 2 aromatic rings. The number of hydrogen-bond acceptors (Lipinski definition) is 5. The molecular weight excluding hydrogens is 316 g/mol. The Bertz CT molecular complexity index is 763. The van der Waals surface area contributed by atoms with Crippen molar-refractivity contribution >= 4 is 5.91 Å². The molecule has 6 heteroatoms. The highest BCUT2D eigenvalue weighted by molar-refractivity contribution is 5.83. The maximum Gasteiger partial charge on any atom is 0.249 e. The second-order valence-corrected chi connectivity index (χ2v) is 7.60. The minimum atomic E-state index is -0.286. The second kappa shape index (κ2) is 6.24. The van der Waals surface area contributed by atoms with Crippen LogP contribution in [-0.4, -0.2) is 21.0 Å². The van der Waals surface area contributed by atoms with Crippen molar-refractivity contribution in [1.82, 2.24) is 20.4 Å². The van der Waals surface area contributed by atoms with E-state index in [2.05, 4.69) is 20.4 Å². The molecule has 6 nitrogen and oxygen atoms in total. The van der Waals surface area contributed by atoms with E-state index in [0.717, 1.165) is 36.4 Å². The van der Waals surface area contributed by atoms with Crippen LogP contribution in [0.5, 0.6) is 0 Å². The number of nitrogens with zero attached hydrogens (tertiary/aromatic N) is 3. The lowest BCUT2D eigenvalue weighted by atomic mass is 9.60. The third-order valence-corrected chi connectivity index (χ3v) is 5.89. The molecule has 0 aliphatic heterocycles. The molecule has 0 radical (unpaired) electrons. The maximum absolute atomic E-state index is 12.9. The van der Waals surface area contributed by atoms with Crippen LogP contribution < -0.4 is 5.32 Å². The summed E-state index contributed by atoms with van der Waals surface area (Å²) in [4.78, 5) is 21.5. The molecule has 3 saturated carbocycles. The summed E-state index contributed by atoms with van der Waals surface area (Å²) in [6, 6.07) is 3.48. The van der Waals surface area contributed by atoms with E-state index in [0.29, 0.717) is 11.7 Å². The van der Waals surface area contributed by atoms with Crippen molar-refractivity contribution in [1.29, 1.82) is 0 Å². The van der Waals surface area contributed by atoms with Gasteiger partial charge in [-0.05, 0) is 70.4 Å². The lowest BCUT2D eigenvalue weighted by Gasteiger charge is -2.45. The SMILES string of the molecule is Cc1cc(-c2noc([C@H](C)NC(=O)C34CCC(CC3)CC4)n2)ccn1. The number of fused-ring (bicyclic) bond motifs is 3. The summed E-state index contributed by atoms with van der Waals surface area (Å²) >= 11 is 0. The van der Waals surface area contributed by atoms with Crippen molar-refractivity contribution in [3.8, 4) is 11.4 Å². The summed E-state index contributed by atoms with van der Waals surface area (Å²) in [6.45, 7) is 3.82. The Morgan fingerprint density at radius 3 is 2.72 bits per heavy atom. The summed E-state index contributed by atoms with van der Waals surface area (Å²) in [5, 5.41) is 7.16. The number of aromatic nitrogens is 3. The first-order valence-corrected chi connectivity index (χ1v) is 9.13. The van der Waals surface area contributed by atoms with Crippen LogP contribution in [0.3, 0.4) is 0 Å². The van der Waals surface area contributed by atoms with Crippen molar-refractivity contribution in [3.63, 3.8) is 0 Å². The van der Waals surface area contributed by atoms with E-state index >= 15 is 0 Å². The number of carbonyl (C=O) groups is 1. The zero-order valence-corrected chi connectivity index (χ0v) is 14.8. The number of pyridine rings is 1. The van der Waals surface area contributed by atoms with Gasteiger partial charge in [0.25, 0.3) is 0 Å². The molecule has 3 aliphatic carbocycles. The zero-order valence-electron chi connectivity index (χ0n) is 14.8. The van der Waals surface area contributed by atoms with E-state index in [1.54, 1.807) is 6.20 Å². The summed E-state index contributed by atoms with van der Waals surface area (Å²) in [5.74, 6) is 1.96. The van der Waals surface area contributed by atoms with Gasteiger partial charge in [-0.2, -0.15) is 4.98 Å². The molecule has 2 heterocycles. The fourth-order valence-electron chi connectivity index (χ4n) is 4.21.